The number of anilines is 1. The average molecular weight is 349 g/mol. The molecule has 1 unspecified atom stereocenters. The molecule has 1 heterocycles. The van der Waals surface area contributed by atoms with Crippen molar-refractivity contribution in [3.63, 3.8) is 0 Å². The molecule has 24 heavy (non-hydrogen) atoms. The molecule has 0 fully saturated rings. The Kier molecular flexibility index (Phi) is 6.08. The second-order valence-corrected chi connectivity index (χ2v) is 6.58. The fourth-order valence-electron chi connectivity index (χ4n) is 2.61. The molecular formula is C19H25ClN2O2. The van der Waals surface area contributed by atoms with Crippen molar-refractivity contribution in [2.24, 2.45) is 0 Å². The smallest absolute Gasteiger partial charge is 0.224 e. The lowest BCUT2D eigenvalue weighted by molar-refractivity contribution is 0.271. The van der Waals surface area contributed by atoms with Gasteiger partial charge in [-0.15, -0.1) is 0 Å². The minimum absolute atomic E-state index is 0.0114. The molecule has 1 aromatic heterocycles. The van der Waals surface area contributed by atoms with Gasteiger partial charge in [0.2, 0.25) is 5.88 Å². The molecule has 0 saturated heterocycles. The number of nitrogens with one attached hydrogen (secondary N) is 1. The van der Waals surface area contributed by atoms with Crippen LogP contribution in [0.5, 0.6) is 11.6 Å². The first kappa shape index (κ1) is 18.6. The highest BCUT2D eigenvalue weighted by molar-refractivity contribution is 6.30. The number of aryl methyl sites for hydroxylation is 3. The van der Waals surface area contributed by atoms with Crippen molar-refractivity contribution < 1.29 is 9.84 Å². The van der Waals surface area contributed by atoms with Crippen LogP contribution < -0.4 is 10.1 Å². The molecule has 0 aliphatic carbocycles. The van der Waals surface area contributed by atoms with E-state index in [4.69, 9.17) is 16.3 Å². The van der Waals surface area contributed by atoms with E-state index in [0.717, 1.165) is 40.2 Å². The first-order valence-electron chi connectivity index (χ1n) is 8.16. The summed E-state index contributed by atoms with van der Waals surface area (Å²) in [5.41, 5.74) is 4.65. The summed E-state index contributed by atoms with van der Waals surface area (Å²) >= 11 is 6.09. The van der Waals surface area contributed by atoms with Crippen molar-refractivity contribution in [3.05, 3.63) is 45.6 Å². The Morgan fingerprint density at radius 3 is 2.33 bits per heavy atom. The average Bonchev–Trinajstić information content (AvgIpc) is 2.52. The lowest BCUT2D eigenvalue weighted by atomic mass is 10.1. The van der Waals surface area contributed by atoms with Gasteiger partial charge in [-0.25, -0.2) is 4.98 Å². The van der Waals surface area contributed by atoms with E-state index in [1.54, 1.807) is 0 Å². The van der Waals surface area contributed by atoms with Crippen LogP contribution >= 0.6 is 11.6 Å². The summed E-state index contributed by atoms with van der Waals surface area (Å²) in [6, 6.07) is 5.75. The number of aliphatic hydroxyl groups is 1. The van der Waals surface area contributed by atoms with Crippen molar-refractivity contribution >= 4 is 17.3 Å². The maximum atomic E-state index is 9.43. The fraction of sp³-hybridized carbons (Fsp3) is 0.421. The number of halogens is 1. The minimum atomic E-state index is 0.0114. The Morgan fingerprint density at radius 2 is 1.79 bits per heavy atom. The molecule has 2 aromatic rings. The van der Waals surface area contributed by atoms with E-state index in [9.17, 15) is 5.11 Å². The van der Waals surface area contributed by atoms with Crippen LogP contribution in [-0.2, 0) is 0 Å². The van der Waals surface area contributed by atoms with Crippen molar-refractivity contribution in [2.75, 3.05) is 11.9 Å². The third-order valence-electron chi connectivity index (χ3n) is 4.05. The Bertz CT molecular complexity index is 705. The fourth-order valence-corrected chi connectivity index (χ4v) is 2.94. The van der Waals surface area contributed by atoms with Crippen LogP contribution in [0.15, 0.2) is 18.2 Å². The number of ether oxygens (including phenoxy) is 1. The van der Waals surface area contributed by atoms with E-state index in [2.05, 4.69) is 10.3 Å². The van der Waals surface area contributed by atoms with Crippen molar-refractivity contribution in [3.8, 4) is 11.6 Å². The van der Waals surface area contributed by atoms with E-state index in [-0.39, 0.29) is 12.6 Å². The number of pyridine rings is 1. The predicted octanol–water partition coefficient (Wildman–Crippen LogP) is 4.94. The van der Waals surface area contributed by atoms with Gasteiger partial charge in [-0.3, -0.25) is 0 Å². The van der Waals surface area contributed by atoms with Crippen molar-refractivity contribution in [1.82, 2.24) is 4.98 Å². The van der Waals surface area contributed by atoms with E-state index in [0.29, 0.717) is 10.9 Å². The van der Waals surface area contributed by atoms with Crippen LogP contribution in [0.1, 0.15) is 35.7 Å². The van der Waals surface area contributed by atoms with Gasteiger partial charge in [-0.2, -0.15) is 0 Å². The molecule has 0 bridgehead atoms. The van der Waals surface area contributed by atoms with Gasteiger partial charge in [0.25, 0.3) is 0 Å². The van der Waals surface area contributed by atoms with Gasteiger partial charge in [0, 0.05) is 28.0 Å². The molecule has 0 aliphatic rings. The van der Waals surface area contributed by atoms with E-state index < -0.39 is 0 Å². The third kappa shape index (κ3) is 4.19. The summed E-state index contributed by atoms with van der Waals surface area (Å²) < 4.78 is 6.12. The van der Waals surface area contributed by atoms with Gasteiger partial charge in [0.1, 0.15) is 5.75 Å². The second kappa shape index (κ2) is 7.86. The van der Waals surface area contributed by atoms with Crippen LogP contribution in [0.2, 0.25) is 5.02 Å². The van der Waals surface area contributed by atoms with E-state index >= 15 is 0 Å². The molecule has 2 rings (SSSR count). The summed E-state index contributed by atoms with van der Waals surface area (Å²) in [6.45, 7) is 9.96. The summed E-state index contributed by atoms with van der Waals surface area (Å²) in [5, 5.41) is 13.5. The standard InChI is InChI=1S/C19H25ClN2O2/c1-6-16(10-23)22-17-9-13(4)21-19(14(17)5)24-18-11(2)7-15(20)8-12(18)3/h7-9,16,23H,6,10H2,1-5H3,(H,21,22). The number of rotatable bonds is 6. The minimum Gasteiger partial charge on any atom is -0.438 e. The van der Waals surface area contributed by atoms with Crippen LogP contribution in [0, 0.1) is 27.7 Å². The summed E-state index contributed by atoms with van der Waals surface area (Å²) in [7, 11) is 0. The second-order valence-electron chi connectivity index (χ2n) is 6.14. The van der Waals surface area contributed by atoms with Gasteiger partial charge in [-0.05, 0) is 63.4 Å². The zero-order chi connectivity index (χ0) is 17.9. The number of aliphatic hydroxyl groups excluding tert-OH is 1. The molecule has 0 amide bonds. The number of hydrogen-bond acceptors (Lipinski definition) is 4. The van der Waals surface area contributed by atoms with Crippen molar-refractivity contribution in [1.29, 1.82) is 0 Å². The van der Waals surface area contributed by atoms with Gasteiger partial charge in [0.05, 0.1) is 6.61 Å². The molecule has 1 atom stereocenters. The van der Waals surface area contributed by atoms with Gasteiger partial charge in [0.15, 0.2) is 0 Å². The molecule has 0 spiro atoms. The van der Waals surface area contributed by atoms with Crippen molar-refractivity contribution in [2.45, 2.75) is 47.1 Å². The maximum absolute atomic E-state index is 9.43. The zero-order valence-electron chi connectivity index (χ0n) is 14.9. The van der Waals surface area contributed by atoms with E-state index in [1.165, 1.54) is 0 Å². The highest BCUT2D eigenvalue weighted by Crippen LogP contribution is 2.34. The molecular weight excluding hydrogens is 324 g/mol. The number of nitrogens with zero attached hydrogens (tertiary/aromatic N) is 1. The first-order valence-corrected chi connectivity index (χ1v) is 8.53. The Hall–Kier alpha value is -1.78. The molecule has 5 heteroatoms. The maximum Gasteiger partial charge on any atom is 0.224 e. The quantitative estimate of drug-likeness (QED) is 0.776. The summed E-state index contributed by atoms with van der Waals surface area (Å²) in [5.74, 6) is 1.35. The Balaban J connectivity index is 2.39. The highest BCUT2D eigenvalue weighted by Gasteiger charge is 2.15. The lowest BCUT2D eigenvalue weighted by Gasteiger charge is -2.20. The molecule has 4 nitrogen and oxygen atoms in total. The van der Waals surface area contributed by atoms with Crippen LogP contribution in [-0.4, -0.2) is 22.7 Å². The van der Waals surface area contributed by atoms with Gasteiger partial charge < -0.3 is 15.2 Å². The molecule has 1 aromatic carbocycles. The summed E-state index contributed by atoms with van der Waals surface area (Å²) in [6.07, 6.45) is 0.836. The number of hydrogen-bond donors (Lipinski definition) is 2. The normalized spacial score (nSPS) is 12.1. The molecule has 0 radical (unpaired) electrons. The number of benzene rings is 1. The molecule has 0 aliphatic heterocycles. The van der Waals surface area contributed by atoms with Gasteiger partial charge in [-0.1, -0.05) is 18.5 Å². The largest absolute Gasteiger partial charge is 0.438 e. The third-order valence-corrected chi connectivity index (χ3v) is 4.27. The zero-order valence-corrected chi connectivity index (χ0v) is 15.7. The van der Waals surface area contributed by atoms with E-state index in [1.807, 2.05) is 52.8 Å². The SMILES string of the molecule is CCC(CO)Nc1cc(C)nc(Oc2c(C)cc(Cl)cc2C)c1C. The molecule has 2 N–H and O–H groups in total. The Labute approximate surface area is 148 Å². The lowest BCUT2D eigenvalue weighted by Crippen LogP contribution is -2.23. The Morgan fingerprint density at radius 1 is 1.17 bits per heavy atom. The summed E-state index contributed by atoms with van der Waals surface area (Å²) in [4.78, 5) is 4.53. The monoisotopic (exact) mass is 348 g/mol. The predicted molar refractivity (Wildman–Crippen MR) is 99.5 cm³/mol. The highest BCUT2D eigenvalue weighted by atomic mass is 35.5. The van der Waals surface area contributed by atoms with Crippen LogP contribution in [0.4, 0.5) is 5.69 Å². The number of aromatic nitrogens is 1. The van der Waals surface area contributed by atoms with Crippen LogP contribution in [0.3, 0.4) is 0 Å². The topological polar surface area (TPSA) is 54.4 Å². The van der Waals surface area contributed by atoms with Crippen LogP contribution in [0.25, 0.3) is 0 Å². The van der Waals surface area contributed by atoms with Gasteiger partial charge >= 0.3 is 0 Å². The molecule has 130 valence electrons. The molecule has 0 saturated carbocycles. The first-order chi connectivity index (χ1) is 11.3.